The van der Waals surface area contributed by atoms with Gasteiger partial charge in [0.2, 0.25) is 5.91 Å². The van der Waals surface area contributed by atoms with Crippen molar-refractivity contribution in [2.45, 2.75) is 31.2 Å². The van der Waals surface area contributed by atoms with Crippen LogP contribution in [0.2, 0.25) is 5.02 Å². The zero-order valence-corrected chi connectivity index (χ0v) is 17.4. The van der Waals surface area contributed by atoms with Crippen LogP contribution < -0.4 is 5.32 Å². The van der Waals surface area contributed by atoms with E-state index >= 15 is 0 Å². The molecule has 158 valence electrons. The summed E-state index contributed by atoms with van der Waals surface area (Å²) in [4.78, 5) is 16.3. The second-order valence-electron chi connectivity index (χ2n) is 6.19. The van der Waals surface area contributed by atoms with Gasteiger partial charge in [0.05, 0.1) is 22.0 Å². The SMILES string of the molecule is CCCn1c(SCC(=O)Nc2c(Cl)cccc2C(F)(F)F)nnc1-c1ccncc1. The molecular weight excluding hydrogens is 439 g/mol. The molecule has 0 aliphatic heterocycles. The van der Waals surface area contributed by atoms with Gasteiger partial charge in [-0.15, -0.1) is 10.2 Å². The zero-order valence-electron chi connectivity index (χ0n) is 15.8. The van der Waals surface area contributed by atoms with E-state index in [2.05, 4.69) is 20.5 Å². The Kier molecular flexibility index (Phi) is 6.99. The van der Waals surface area contributed by atoms with Crippen molar-refractivity contribution >= 4 is 35.0 Å². The van der Waals surface area contributed by atoms with Gasteiger partial charge in [0.25, 0.3) is 0 Å². The van der Waals surface area contributed by atoms with Gasteiger partial charge in [0.1, 0.15) is 0 Å². The minimum absolute atomic E-state index is 0.152. The minimum atomic E-state index is -4.64. The minimum Gasteiger partial charge on any atom is -0.324 e. The third-order valence-corrected chi connectivity index (χ3v) is 5.30. The second-order valence-corrected chi connectivity index (χ2v) is 7.54. The van der Waals surface area contributed by atoms with Crippen molar-refractivity contribution in [3.63, 3.8) is 0 Å². The van der Waals surface area contributed by atoms with Crippen molar-refractivity contribution in [3.05, 3.63) is 53.3 Å². The maximum absolute atomic E-state index is 13.2. The number of thioether (sulfide) groups is 1. The highest BCUT2D eigenvalue weighted by Crippen LogP contribution is 2.38. The summed E-state index contributed by atoms with van der Waals surface area (Å²) in [5.74, 6) is -0.150. The number of halogens is 4. The summed E-state index contributed by atoms with van der Waals surface area (Å²) < 4.78 is 41.4. The van der Waals surface area contributed by atoms with Crippen molar-refractivity contribution < 1.29 is 18.0 Å². The normalized spacial score (nSPS) is 11.5. The largest absolute Gasteiger partial charge is 0.418 e. The van der Waals surface area contributed by atoms with E-state index in [0.717, 1.165) is 29.8 Å². The van der Waals surface area contributed by atoms with E-state index in [9.17, 15) is 18.0 Å². The summed E-state index contributed by atoms with van der Waals surface area (Å²) in [6, 6.07) is 6.94. The Morgan fingerprint density at radius 1 is 1.20 bits per heavy atom. The molecule has 30 heavy (non-hydrogen) atoms. The molecule has 0 fully saturated rings. The Labute approximate surface area is 179 Å². The second kappa shape index (κ2) is 9.48. The summed E-state index contributed by atoms with van der Waals surface area (Å²) in [5, 5.41) is 10.9. The number of nitrogens with zero attached hydrogens (tertiary/aromatic N) is 4. The quantitative estimate of drug-likeness (QED) is 0.498. The number of hydrogen-bond donors (Lipinski definition) is 1. The van der Waals surface area contributed by atoms with E-state index in [4.69, 9.17) is 11.6 Å². The number of pyridine rings is 1. The molecule has 2 heterocycles. The van der Waals surface area contributed by atoms with Crippen molar-refractivity contribution in [1.82, 2.24) is 19.7 Å². The molecule has 6 nitrogen and oxygen atoms in total. The molecule has 0 saturated heterocycles. The highest BCUT2D eigenvalue weighted by atomic mass is 35.5. The number of anilines is 1. The van der Waals surface area contributed by atoms with Gasteiger partial charge < -0.3 is 9.88 Å². The van der Waals surface area contributed by atoms with Gasteiger partial charge in [-0.25, -0.2) is 0 Å². The van der Waals surface area contributed by atoms with E-state index in [0.29, 0.717) is 17.5 Å². The third kappa shape index (κ3) is 5.11. The van der Waals surface area contributed by atoms with E-state index in [1.54, 1.807) is 24.5 Å². The van der Waals surface area contributed by atoms with E-state index in [-0.39, 0.29) is 10.8 Å². The lowest BCUT2D eigenvalue weighted by Crippen LogP contribution is -2.19. The van der Waals surface area contributed by atoms with Gasteiger partial charge in [-0.05, 0) is 30.7 Å². The topological polar surface area (TPSA) is 72.7 Å². The number of benzene rings is 1. The molecule has 0 aliphatic rings. The molecule has 2 aromatic heterocycles. The molecule has 0 saturated carbocycles. The number of nitrogens with one attached hydrogen (secondary N) is 1. The molecule has 1 aromatic carbocycles. The fraction of sp³-hybridized carbons (Fsp3) is 0.263. The Bertz CT molecular complexity index is 1030. The molecule has 3 rings (SSSR count). The number of aromatic nitrogens is 4. The van der Waals surface area contributed by atoms with Gasteiger partial charge >= 0.3 is 6.18 Å². The standard InChI is InChI=1S/C19H17ClF3N5OS/c1-2-10-28-17(12-6-8-24-9-7-12)26-27-18(28)30-11-15(29)25-16-13(19(21,22)23)4-3-5-14(16)20/h3-9H,2,10-11H2,1H3,(H,25,29). The molecule has 3 aromatic rings. The first-order valence-electron chi connectivity index (χ1n) is 8.93. The predicted octanol–water partition coefficient (Wildman–Crippen LogP) is 5.15. The fourth-order valence-electron chi connectivity index (χ4n) is 2.73. The van der Waals surface area contributed by atoms with Crippen LogP contribution in [0, 0.1) is 0 Å². The lowest BCUT2D eigenvalue weighted by atomic mass is 10.1. The van der Waals surface area contributed by atoms with Crippen LogP contribution in [0.1, 0.15) is 18.9 Å². The van der Waals surface area contributed by atoms with Crippen molar-refractivity contribution in [3.8, 4) is 11.4 Å². The number of amides is 1. The number of rotatable bonds is 7. The lowest BCUT2D eigenvalue weighted by molar-refractivity contribution is -0.137. The van der Waals surface area contributed by atoms with Gasteiger partial charge in [0, 0.05) is 24.5 Å². The van der Waals surface area contributed by atoms with Crippen LogP contribution in [-0.4, -0.2) is 31.4 Å². The summed E-state index contributed by atoms with van der Waals surface area (Å²) in [6.45, 7) is 2.62. The number of alkyl halides is 3. The van der Waals surface area contributed by atoms with Gasteiger partial charge in [-0.2, -0.15) is 13.2 Å². The molecular formula is C19H17ClF3N5OS. The third-order valence-electron chi connectivity index (χ3n) is 4.02. The number of para-hydroxylation sites is 1. The first kappa shape index (κ1) is 22.1. The Balaban J connectivity index is 1.76. The molecule has 0 radical (unpaired) electrons. The van der Waals surface area contributed by atoms with Gasteiger partial charge in [0.15, 0.2) is 11.0 Å². The number of carbonyl (C=O) groups excluding carboxylic acids is 1. The average molecular weight is 456 g/mol. The Morgan fingerprint density at radius 2 is 1.93 bits per heavy atom. The molecule has 0 aliphatic carbocycles. The van der Waals surface area contributed by atoms with Gasteiger partial charge in [-0.1, -0.05) is 36.4 Å². The summed E-state index contributed by atoms with van der Waals surface area (Å²) >= 11 is 6.97. The maximum atomic E-state index is 13.2. The van der Waals surface area contributed by atoms with Crippen molar-refractivity contribution in [2.24, 2.45) is 0 Å². The predicted molar refractivity (Wildman–Crippen MR) is 109 cm³/mol. The van der Waals surface area contributed by atoms with E-state index in [1.165, 1.54) is 12.1 Å². The van der Waals surface area contributed by atoms with Crippen LogP contribution in [0.15, 0.2) is 47.9 Å². The molecule has 11 heteroatoms. The lowest BCUT2D eigenvalue weighted by Gasteiger charge is -2.15. The zero-order chi connectivity index (χ0) is 21.7. The van der Waals surface area contributed by atoms with Crippen LogP contribution in [0.4, 0.5) is 18.9 Å². The smallest absolute Gasteiger partial charge is 0.324 e. The highest BCUT2D eigenvalue weighted by molar-refractivity contribution is 7.99. The monoisotopic (exact) mass is 455 g/mol. The van der Waals surface area contributed by atoms with E-state index < -0.39 is 23.3 Å². The van der Waals surface area contributed by atoms with Crippen LogP contribution >= 0.6 is 23.4 Å². The summed E-state index contributed by atoms with van der Waals surface area (Å²) in [5.41, 5.74) is -0.625. The van der Waals surface area contributed by atoms with Crippen LogP contribution in [0.5, 0.6) is 0 Å². The average Bonchev–Trinajstić information content (AvgIpc) is 3.11. The molecule has 0 spiro atoms. The first-order valence-corrected chi connectivity index (χ1v) is 10.3. The number of carbonyl (C=O) groups is 1. The van der Waals surface area contributed by atoms with E-state index in [1.807, 2.05) is 11.5 Å². The molecule has 1 N–H and O–H groups in total. The van der Waals surface area contributed by atoms with Crippen LogP contribution in [0.25, 0.3) is 11.4 Å². The molecule has 0 unspecified atom stereocenters. The Hall–Kier alpha value is -2.59. The molecule has 0 bridgehead atoms. The molecule has 1 amide bonds. The first-order chi connectivity index (χ1) is 14.3. The highest BCUT2D eigenvalue weighted by Gasteiger charge is 2.34. The summed E-state index contributed by atoms with van der Waals surface area (Å²) in [6.07, 6.45) is -0.545. The summed E-state index contributed by atoms with van der Waals surface area (Å²) in [7, 11) is 0. The van der Waals surface area contributed by atoms with Crippen LogP contribution in [-0.2, 0) is 17.5 Å². The maximum Gasteiger partial charge on any atom is 0.418 e. The number of hydrogen-bond acceptors (Lipinski definition) is 5. The van der Waals surface area contributed by atoms with Crippen molar-refractivity contribution in [2.75, 3.05) is 11.1 Å². The molecule has 0 atom stereocenters. The fourth-order valence-corrected chi connectivity index (χ4v) is 3.71. The van der Waals surface area contributed by atoms with Crippen molar-refractivity contribution in [1.29, 1.82) is 0 Å². The Morgan fingerprint density at radius 3 is 2.60 bits per heavy atom. The van der Waals surface area contributed by atoms with Gasteiger partial charge in [-0.3, -0.25) is 9.78 Å². The van der Waals surface area contributed by atoms with Crippen LogP contribution in [0.3, 0.4) is 0 Å².